The van der Waals surface area contributed by atoms with E-state index < -0.39 is 17.5 Å². The number of amides is 1. The van der Waals surface area contributed by atoms with E-state index in [9.17, 15) is 14.0 Å². The van der Waals surface area contributed by atoms with Crippen LogP contribution in [-0.2, 0) is 17.7 Å². The Morgan fingerprint density at radius 2 is 2.04 bits per heavy atom. The molecule has 0 saturated carbocycles. The van der Waals surface area contributed by atoms with Gasteiger partial charge in [-0.15, -0.1) is 0 Å². The van der Waals surface area contributed by atoms with Crippen LogP contribution in [0.5, 0.6) is 0 Å². The number of nitrogens with one attached hydrogen (secondary N) is 1. The molecule has 24 heavy (non-hydrogen) atoms. The minimum absolute atomic E-state index is 0.160. The fourth-order valence-electron chi connectivity index (χ4n) is 2.87. The van der Waals surface area contributed by atoms with Crippen LogP contribution in [0.2, 0.25) is 0 Å². The van der Waals surface area contributed by atoms with Crippen molar-refractivity contribution in [2.75, 3.05) is 6.54 Å². The molecule has 1 aliphatic rings. The normalized spacial score (nSPS) is 14.6. The van der Waals surface area contributed by atoms with Gasteiger partial charge < -0.3 is 14.6 Å². The first-order valence-corrected chi connectivity index (χ1v) is 8.46. The van der Waals surface area contributed by atoms with Crippen LogP contribution in [0.25, 0.3) is 10.9 Å². The van der Waals surface area contributed by atoms with Crippen molar-refractivity contribution in [3.8, 4) is 0 Å². The van der Waals surface area contributed by atoms with Gasteiger partial charge in [0.2, 0.25) is 0 Å². The van der Waals surface area contributed by atoms with E-state index in [1.165, 1.54) is 6.07 Å². The number of nitrogens with zero attached hydrogens (tertiary/aromatic N) is 1. The highest BCUT2D eigenvalue weighted by Gasteiger charge is 2.28. The first kappa shape index (κ1) is 17.0. The predicted molar refractivity (Wildman–Crippen MR) is 92.6 cm³/mol. The van der Waals surface area contributed by atoms with Crippen molar-refractivity contribution >= 4 is 32.9 Å². The number of carbonyl (C=O) groups excluding carboxylic acids is 1. The lowest BCUT2D eigenvalue weighted by Crippen LogP contribution is -2.41. The minimum atomic E-state index is -0.595. The van der Waals surface area contributed by atoms with E-state index in [0.29, 0.717) is 34.0 Å². The van der Waals surface area contributed by atoms with Crippen LogP contribution in [-0.4, -0.2) is 28.1 Å². The van der Waals surface area contributed by atoms with Crippen molar-refractivity contribution in [3.63, 3.8) is 0 Å². The number of benzene rings is 1. The van der Waals surface area contributed by atoms with E-state index in [0.717, 1.165) is 0 Å². The van der Waals surface area contributed by atoms with E-state index >= 15 is 0 Å². The van der Waals surface area contributed by atoms with Gasteiger partial charge in [-0.1, -0.05) is 15.9 Å². The summed E-state index contributed by atoms with van der Waals surface area (Å²) in [6.45, 7) is 6.02. The van der Waals surface area contributed by atoms with E-state index in [4.69, 9.17) is 4.74 Å². The van der Waals surface area contributed by atoms with E-state index in [-0.39, 0.29) is 17.6 Å². The molecule has 0 aliphatic carbocycles. The number of aromatic nitrogens is 1. The van der Waals surface area contributed by atoms with Gasteiger partial charge in [0.15, 0.2) is 0 Å². The van der Waals surface area contributed by atoms with E-state index in [1.54, 1.807) is 31.7 Å². The Kier molecular flexibility index (Phi) is 4.15. The van der Waals surface area contributed by atoms with E-state index in [2.05, 4.69) is 20.9 Å². The summed E-state index contributed by atoms with van der Waals surface area (Å²) >= 11 is 3.28. The third-order valence-corrected chi connectivity index (χ3v) is 4.35. The summed E-state index contributed by atoms with van der Waals surface area (Å²) in [5, 5.41) is 0.602. The molecule has 0 spiro atoms. The predicted octanol–water partition coefficient (Wildman–Crippen LogP) is 3.72. The average Bonchev–Trinajstić information content (AvgIpc) is 2.46. The molecule has 5 nitrogen and oxygen atoms in total. The molecule has 2 heterocycles. The number of halogens is 2. The Balaban J connectivity index is 2.07. The highest BCUT2D eigenvalue weighted by Crippen LogP contribution is 2.29. The standard InChI is InChI=1S/C17H18BrFN2O3/c1-17(2,3)24-16(23)21-5-4-10-12(8-21)11-6-9(18)7-13(19)14(11)20-15(10)22/h6-7H,4-5,8H2,1-3H3,(H,20,22). The summed E-state index contributed by atoms with van der Waals surface area (Å²) < 4.78 is 20.1. The molecule has 0 atom stereocenters. The molecule has 1 aromatic carbocycles. The van der Waals surface area contributed by atoms with Crippen molar-refractivity contribution in [3.05, 3.63) is 43.9 Å². The SMILES string of the molecule is CC(C)(C)OC(=O)N1CCc2c(c3cc(Br)cc(F)c3[nH]c2=O)C1. The summed E-state index contributed by atoms with van der Waals surface area (Å²) in [4.78, 5) is 28.7. The van der Waals surface area contributed by atoms with Crippen LogP contribution >= 0.6 is 15.9 Å². The van der Waals surface area contributed by atoms with Crippen molar-refractivity contribution in [2.45, 2.75) is 39.3 Å². The molecular formula is C17H18BrFN2O3. The van der Waals surface area contributed by atoms with Gasteiger partial charge in [-0.05, 0) is 44.9 Å². The fraction of sp³-hybridized carbons (Fsp3) is 0.412. The number of pyridine rings is 1. The maximum Gasteiger partial charge on any atom is 0.410 e. The fourth-order valence-corrected chi connectivity index (χ4v) is 3.30. The molecule has 3 rings (SSSR count). The quantitative estimate of drug-likeness (QED) is 0.737. The summed E-state index contributed by atoms with van der Waals surface area (Å²) in [6.07, 6.45) is -0.0226. The van der Waals surface area contributed by atoms with Crippen LogP contribution in [0.3, 0.4) is 0 Å². The topological polar surface area (TPSA) is 62.4 Å². The summed E-state index contributed by atoms with van der Waals surface area (Å²) in [6, 6.07) is 3.06. The van der Waals surface area contributed by atoms with Gasteiger partial charge in [0, 0.05) is 22.0 Å². The number of hydrogen-bond donors (Lipinski definition) is 1. The third kappa shape index (κ3) is 3.17. The molecule has 1 aromatic heterocycles. The number of carbonyl (C=O) groups is 1. The number of rotatable bonds is 0. The maximum absolute atomic E-state index is 14.2. The first-order chi connectivity index (χ1) is 11.2. The molecular weight excluding hydrogens is 379 g/mol. The summed E-state index contributed by atoms with van der Waals surface area (Å²) in [5.41, 5.74) is 0.532. The minimum Gasteiger partial charge on any atom is -0.444 e. The van der Waals surface area contributed by atoms with Gasteiger partial charge in [0.05, 0.1) is 12.1 Å². The zero-order valence-electron chi connectivity index (χ0n) is 13.7. The van der Waals surface area contributed by atoms with Crippen molar-refractivity contribution in [1.82, 2.24) is 9.88 Å². The largest absolute Gasteiger partial charge is 0.444 e. The van der Waals surface area contributed by atoms with Gasteiger partial charge in [-0.3, -0.25) is 4.79 Å². The highest BCUT2D eigenvalue weighted by molar-refractivity contribution is 9.10. The van der Waals surface area contributed by atoms with Crippen LogP contribution < -0.4 is 5.56 Å². The van der Waals surface area contributed by atoms with Crippen molar-refractivity contribution in [1.29, 1.82) is 0 Å². The number of fused-ring (bicyclic) bond motifs is 3. The van der Waals surface area contributed by atoms with Crippen LogP contribution in [0, 0.1) is 5.82 Å². The Labute approximate surface area is 146 Å². The molecule has 0 radical (unpaired) electrons. The maximum atomic E-state index is 14.2. The second-order valence-corrected chi connectivity index (χ2v) is 7.79. The average molecular weight is 397 g/mol. The number of hydrogen-bond acceptors (Lipinski definition) is 3. The molecule has 1 N–H and O–H groups in total. The molecule has 7 heteroatoms. The van der Waals surface area contributed by atoms with Gasteiger partial charge in [-0.2, -0.15) is 0 Å². The summed E-state index contributed by atoms with van der Waals surface area (Å²) in [7, 11) is 0. The molecule has 1 amide bonds. The van der Waals surface area contributed by atoms with Crippen LogP contribution in [0.15, 0.2) is 21.4 Å². The molecule has 128 valence electrons. The Morgan fingerprint density at radius 3 is 2.71 bits per heavy atom. The van der Waals surface area contributed by atoms with E-state index in [1.807, 2.05) is 0 Å². The van der Waals surface area contributed by atoms with Crippen LogP contribution in [0.1, 0.15) is 31.9 Å². The number of H-pyrrole nitrogens is 1. The van der Waals surface area contributed by atoms with Crippen LogP contribution in [0.4, 0.5) is 9.18 Å². The first-order valence-electron chi connectivity index (χ1n) is 7.66. The van der Waals surface area contributed by atoms with Gasteiger partial charge in [-0.25, -0.2) is 9.18 Å². The van der Waals surface area contributed by atoms with Gasteiger partial charge >= 0.3 is 6.09 Å². The molecule has 2 aromatic rings. The van der Waals surface area contributed by atoms with Crippen molar-refractivity contribution in [2.24, 2.45) is 0 Å². The number of aromatic amines is 1. The van der Waals surface area contributed by atoms with Crippen molar-refractivity contribution < 1.29 is 13.9 Å². The monoisotopic (exact) mass is 396 g/mol. The molecule has 0 unspecified atom stereocenters. The molecule has 0 saturated heterocycles. The molecule has 0 bridgehead atoms. The summed E-state index contributed by atoms with van der Waals surface area (Å²) in [5.74, 6) is -0.506. The van der Waals surface area contributed by atoms with Gasteiger partial charge in [0.25, 0.3) is 5.56 Å². The third-order valence-electron chi connectivity index (χ3n) is 3.89. The van der Waals surface area contributed by atoms with Gasteiger partial charge in [0.1, 0.15) is 11.4 Å². The second-order valence-electron chi connectivity index (χ2n) is 6.87. The zero-order chi connectivity index (χ0) is 17.6. The lowest BCUT2D eigenvalue weighted by molar-refractivity contribution is 0.0224. The highest BCUT2D eigenvalue weighted by atomic mass is 79.9. The Bertz CT molecular complexity index is 886. The number of ether oxygens (including phenoxy) is 1. The second kappa shape index (κ2) is 5.88. The zero-order valence-corrected chi connectivity index (χ0v) is 15.3. The molecule has 1 aliphatic heterocycles. The Morgan fingerprint density at radius 1 is 1.33 bits per heavy atom. The Hall–Kier alpha value is -1.89. The smallest absolute Gasteiger partial charge is 0.410 e. The lowest BCUT2D eigenvalue weighted by Gasteiger charge is -2.31. The molecule has 0 fully saturated rings. The lowest BCUT2D eigenvalue weighted by atomic mass is 9.97.